The average molecular weight is 274 g/mol. The van der Waals surface area contributed by atoms with Crippen LogP contribution in [0.25, 0.3) is 6.08 Å². The fourth-order valence-corrected chi connectivity index (χ4v) is 1.92. The predicted octanol–water partition coefficient (Wildman–Crippen LogP) is 1.13. The number of likely N-dealkylation sites (N-methyl/N-ethyl adjacent to an activating group) is 2. The van der Waals surface area contributed by atoms with Gasteiger partial charge in [-0.25, -0.2) is 4.79 Å². The molecule has 1 aliphatic heterocycles. The van der Waals surface area contributed by atoms with Gasteiger partial charge in [-0.05, 0) is 12.1 Å². The highest BCUT2D eigenvalue weighted by Crippen LogP contribution is 2.23. The summed E-state index contributed by atoms with van der Waals surface area (Å²) in [5.41, 5.74) is 0.530. The normalized spacial score (nSPS) is 15.8. The van der Waals surface area contributed by atoms with Crippen molar-refractivity contribution in [2.45, 2.75) is 0 Å². The second-order valence-electron chi connectivity index (χ2n) is 4.31. The van der Waals surface area contributed by atoms with E-state index >= 15 is 0 Å². The van der Waals surface area contributed by atoms with E-state index in [1.807, 2.05) is 0 Å². The van der Waals surface area contributed by atoms with Gasteiger partial charge < -0.3 is 4.74 Å². The molecule has 0 aromatic heterocycles. The summed E-state index contributed by atoms with van der Waals surface area (Å²) in [5.74, 6) is -0.698. The molecular formula is C14H14N2O4. The topological polar surface area (TPSA) is 66.9 Å². The number of para-hydroxylation sites is 1. The zero-order valence-corrected chi connectivity index (χ0v) is 11.4. The molecule has 0 radical (unpaired) electrons. The van der Waals surface area contributed by atoms with E-state index in [9.17, 15) is 14.4 Å². The molecule has 0 spiro atoms. The maximum absolute atomic E-state index is 12.0. The minimum absolute atomic E-state index is 0.0703. The lowest BCUT2D eigenvalue weighted by Crippen LogP contribution is -2.52. The molecule has 2 rings (SSSR count). The van der Waals surface area contributed by atoms with Crippen molar-refractivity contribution < 1.29 is 19.1 Å². The van der Waals surface area contributed by atoms with Crippen LogP contribution in [0.4, 0.5) is 4.79 Å². The van der Waals surface area contributed by atoms with Crippen LogP contribution in [0, 0.1) is 0 Å². The van der Waals surface area contributed by atoms with Gasteiger partial charge in [-0.15, -0.1) is 0 Å². The molecule has 0 saturated carbocycles. The van der Waals surface area contributed by atoms with Crippen molar-refractivity contribution >= 4 is 23.9 Å². The van der Waals surface area contributed by atoms with Gasteiger partial charge in [0.2, 0.25) is 0 Å². The van der Waals surface area contributed by atoms with E-state index in [0.29, 0.717) is 11.3 Å². The number of ether oxygens (including phenoxy) is 1. The van der Waals surface area contributed by atoms with Crippen molar-refractivity contribution in [1.29, 1.82) is 0 Å². The number of carbonyl (C=O) groups excluding carboxylic acids is 3. The molecule has 0 bridgehead atoms. The Morgan fingerprint density at radius 1 is 1.00 bits per heavy atom. The highest BCUT2D eigenvalue weighted by molar-refractivity contribution is 6.30. The average Bonchev–Trinajstić information content (AvgIpc) is 2.48. The molecule has 1 aromatic carbocycles. The lowest BCUT2D eigenvalue weighted by Gasteiger charge is -2.28. The van der Waals surface area contributed by atoms with E-state index in [1.165, 1.54) is 27.3 Å². The highest BCUT2D eigenvalue weighted by atomic mass is 16.5. The quantitative estimate of drug-likeness (QED) is 0.599. The van der Waals surface area contributed by atoms with Crippen LogP contribution in [-0.2, 0) is 9.59 Å². The molecule has 1 saturated heterocycles. The molecule has 0 aliphatic carbocycles. The monoisotopic (exact) mass is 274 g/mol. The molecule has 104 valence electrons. The third-order valence-electron chi connectivity index (χ3n) is 3.08. The molecule has 0 atom stereocenters. The largest absolute Gasteiger partial charge is 0.496 e. The van der Waals surface area contributed by atoms with Crippen LogP contribution in [0.15, 0.2) is 29.8 Å². The maximum atomic E-state index is 12.0. The summed E-state index contributed by atoms with van der Waals surface area (Å²) in [4.78, 5) is 37.5. The molecule has 1 aliphatic rings. The Bertz CT molecular complexity index is 595. The summed E-state index contributed by atoms with van der Waals surface area (Å²) in [6.45, 7) is 0. The van der Waals surface area contributed by atoms with Crippen LogP contribution in [0.5, 0.6) is 5.75 Å². The van der Waals surface area contributed by atoms with Gasteiger partial charge in [-0.2, -0.15) is 0 Å². The summed E-state index contributed by atoms with van der Waals surface area (Å²) < 4.78 is 5.17. The zero-order valence-electron chi connectivity index (χ0n) is 11.4. The number of hydrogen-bond donors (Lipinski definition) is 0. The Morgan fingerprint density at radius 2 is 1.55 bits per heavy atom. The number of barbiturate groups is 1. The summed E-state index contributed by atoms with van der Waals surface area (Å²) in [6, 6.07) is 6.36. The lowest BCUT2D eigenvalue weighted by molar-refractivity contribution is -0.134. The minimum Gasteiger partial charge on any atom is -0.496 e. The number of urea groups is 1. The van der Waals surface area contributed by atoms with Crippen molar-refractivity contribution in [3.8, 4) is 5.75 Å². The van der Waals surface area contributed by atoms with Gasteiger partial charge in [0.05, 0.1) is 7.11 Å². The van der Waals surface area contributed by atoms with Crippen molar-refractivity contribution in [1.82, 2.24) is 9.80 Å². The van der Waals surface area contributed by atoms with E-state index in [-0.39, 0.29) is 5.57 Å². The van der Waals surface area contributed by atoms with E-state index in [4.69, 9.17) is 4.74 Å². The molecule has 20 heavy (non-hydrogen) atoms. The molecule has 1 aromatic rings. The van der Waals surface area contributed by atoms with Gasteiger partial charge in [0.25, 0.3) is 11.8 Å². The first-order valence-corrected chi connectivity index (χ1v) is 5.92. The third kappa shape index (κ3) is 2.16. The van der Waals surface area contributed by atoms with Crippen molar-refractivity contribution in [2.75, 3.05) is 21.2 Å². The number of methoxy groups -OCH3 is 1. The Morgan fingerprint density at radius 3 is 2.10 bits per heavy atom. The maximum Gasteiger partial charge on any atom is 0.333 e. The van der Waals surface area contributed by atoms with E-state index in [2.05, 4.69) is 0 Å². The molecule has 0 N–H and O–H groups in total. The van der Waals surface area contributed by atoms with Gasteiger partial charge in [-0.3, -0.25) is 19.4 Å². The molecule has 4 amide bonds. The highest BCUT2D eigenvalue weighted by Gasteiger charge is 2.37. The molecule has 0 unspecified atom stereocenters. The van der Waals surface area contributed by atoms with Gasteiger partial charge in [0, 0.05) is 19.7 Å². The summed E-state index contributed by atoms with van der Waals surface area (Å²) in [6.07, 6.45) is 1.43. The summed E-state index contributed by atoms with van der Waals surface area (Å²) in [7, 11) is 4.18. The van der Waals surface area contributed by atoms with Gasteiger partial charge >= 0.3 is 6.03 Å². The second kappa shape index (κ2) is 5.16. The van der Waals surface area contributed by atoms with Crippen molar-refractivity contribution in [2.24, 2.45) is 0 Å². The van der Waals surface area contributed by atoms with Crippen molar-refractivity contribution in [3.63, 3.8) is 0 Å². The number of hydrogen-bond acceptors (Lipinski definition) is 4. The minimum atomic E-state index is -0.642. The molecule has 6 nitrogen and oxygen atoms in total. The molecule has 1 fully saturated rings. The first kappa shape index (κ1) is 13.8. The molecule has 6 heteroatoms. The second-order valence-corrected chi connectivity index (χ2v) is 4.31. The predicted molar refractivity (Wildman–Crippen MR) is 71.9 cm³/mol. The molecule has 1 heterocycles. The van der Waals surface area contributed by atoms with Crippen LogP contribution >= 0.6 is 0 Å². The summed E-state index contributed by atoms with van der Waals surface area (Å²) in [5, 5.41) is 0. The first-order valence-electron chi connectivity index (χ1n) is 5.92. The van der Waals surface area contributed by atoms with E-state index in [0.717, 1.165) is 9.80 Å². The van der Waals surface area contributed by atoms with E-state index < -0.39 is 17.8 Å². The van der Waals surface area contributed by atoms with Gasteiger partial charge in [-0.1, -0.05) is 18.2 Å². The standard InChI is InChI=1S/C14H14N2O4/c1-15-12(17)10(13(18)16(2)14(15)19)8-9-6-4-5-7-11(9)20-3/h4-8H,1-3H3. The van der Waals surface area contributed by atoms with E-state index in [1.54, 1.807) is 24.3 Å². The zero-order chi connectivity index (χ0) is 14.9. The van der Waals surface area contributed by atoms with Gasteiger partial charge in [0.15, 0.2) is 0 Å². The number of benzene rings is 1. The molecular weight excluding hydrogens is 260 g/mol. The fourth-order valence-electron chi connectivity index (χ4n) is 1.92. The smallest absolute Gasteiger partial charge is 0.333 e. The fraction of sp³-hybridized carbons (Fsp3) is 0.214. The number of amides is 4. The van der Waals surface area contributed by atoms with Crippen LogP contribution < -0.4 is 4.74 Å². The summed E-state index contributed by atoms with van der Waals surface area (Å²) >= 11 is 0. The van der Waals surface area contributed by atoms with Gasteiger partial charge in [0.1, 0.15) is 11.3 Å². The van der Waals surface area contributed by atoms with Crippen molar-refractivity contribution in [3.05, 3.63) is 35.4 Å². The number of nitrogens with zero attached hydrogens (tertiary/aromatic N) is 2. The number of rotatable bonds is 2. The van der Waals surface area contributed by atoms with Crippen LogP contribution in [0.2, 0.25) is 0 Å². The number of carbonyl (C=O) groups is 3. The Balaban J connectivity index is 2.49. The Kier molecular flexibility index (Phi) is 3.56. The Labute approximate surface area is 116 Å². The lowest BCUT2D eigenvalue weighted by atomic mass is 10.1. The third-order valence-corrected chi connectivity index (χ3v) is 3.08. The Hall–Kier alpha value is -2.63. The SMILES string of the molecule is COc1ccccc1C=C1C(=O)N(C)C(=O)N(C)C1=O. The number of imide groups is 2. The van der Waals surface area contributed by atoms with Crippen LogP contribution in [0.1, 0.15) is 5.56 Å². The van der Waals surface area contributed by atoms with Crippen LogP contribution in [0.3, 0.4) is 0 Å². The van der Waals surface area contributed by atoms with Crippen LogP contribution in [-0.4, -0.2) is 48.9 Å². The first-order chi connectivity index (χ1) is 9.47.